The minimum Gasteiger partial charge on any atom is -0.493 e. The van der Waals surface area contributed by atoms with Gasteiger partial charge in [-0.1, -0.05) is 45.8 Å². The van der Waals surface area contributed by atoms with Gasteiger partial charge in [0.25, 0.3) is 0 Å². The van der Waals surface area contributed by atoms with Crippen LogP contribution in [0, 0.1) is 6.92 Å². The number of hydrogen-bond acceptors (Lipinski definition) is 5. The summed E-state index contributed by atoms with van der Waals surface area (Å²) in [6, 6.07) is 12.1. The highest BCUT2D eigenvalue weighted by atomic mass is 79.9. The number of hydrogen-bond donors (Lipinski definition) is 2. The molecule has 26 heavy (non-hydrogen) atoms. The van der Waals surface area contributed by atoms with Gasteiger partial charge in [-0.05, 0) is 24.6 Å². The minimum atomic E-state index is 0.0401. The van der Waals surface area contributed by atoms with Gasteiger partial charge in [-0.25, -0.2) is 0 Å². The van der Waals surface area contributed by atoms with Gasteiger partial charge in [0.05, 0.1) is 26.9 Å². The number of rotatable bonds is 11. The molecule has 0 radical (unpaired) electrons. The summed E-state index contributed by atoms with van der Waals surface area (Å²) < 4.78 is 17.8. The zero-order valence-electron chi connectivity index (χ0n) is 15.3. The minimum absolute atomic E-state index is 0.0401. The fourth-order valence-electron chi connectivity index (χ4n) is 2.43. The van der Waals surface area contributed by atoms with Crippen LogP contribution < -0.4 is 14.8 Å². The lowest BCUT2D eigenvalue weighted by Crippen LogP contribution is -2.20. The summed E-state index contributed by atoms with van der Waals surface area (Å²) >= 11 is 3.60. The van der Waals surface area contributed by atoms with Crippen molar-refractivity contribution in [2.45, 2.75) is 20.1 Å². The molecule has 0 aliphatic rings. The third-order valence-corrected chi connectivity index (χ3v) is 4.59. The lowest BCUT2D eigenvalue weighted by molar-refractivity contribution is 0.0937. The molecule has 5 nitrogen and oxygen atoms in total. The molecule has 0 aromatic heterocycles. The van der Waals surface area contributed by atoms with Crippen LogP contribution in [0.2, 0.25) is 0 Å². The Morgan fingerprint density at radius 3 is 2.54 bits per heavy atom. The third-order valence-electron chi connectivity index (χ3n) is 3.85. The highest BCUT2D eigenvalue weighted by molar-refractivity contribution is 9.10. The molecule has 0 saturated heterocycles. The van der Waals surface area contributed by atoms with Crippen LogP contribution in [0.1, 0.15) is 16.7 Å². The number of aliphatic hydroxyl groups is 1. The monoisotopic (exact) mass is 423 g/mol. The highest BCUT2D eigenvalue weighted by Gasteiger charge is 2.14. The number of methoxy groups -OCH3 is 1. The number of aliphatic hydroxyl groups excluding tert-OH is 1. The second kappa shape index (κ2) is 11.2. The zero-order valence-corrected chi connectivity index (χ0v) is 16.8. The molecule has 142 valence electrons. The van der Waals surface area contributed by atoms with Gasteiger partial charge in [0.1, 0.15) is 6.61 Å². The van der Waals surface area contributed by atoms with E-state index in [0.717, 1.165) is 21.3 Å². The topological polar surface area (TPSA) is 60.0 Å². The molecule has 2 aromatic carbocycles. The Bertz CT molecular complexity index is 676. The predicted molar refractivity (Wildman–Crippen MR) is 106 cm³/mol. The van der Waals surface area contributed by atoms with Crippen LogP contribution in [0.25, 0.3) is 0 Å². The van der Waals surface area contributed by atoms with Crippen molar-refractivity contribution in [3.8, 4) is 11.5 Å². The normalized spacial score (nSPS) is 10.8. The van der Waals surface area contributed by atoms with Gasteiger partial charge in [0, 0.05) is 23.1 Å². The van der Waals surface area contributed by atoms with E-state index in [4.69, 9.17) is 19.3 Å². The average molecular weight is 424 g/mol. The second-order valence-corrected chi connectivity index (χ2v) is 6.70. The van der Waals surface area contributed by atoms with Crippen LogP contribution in [-0.4, -0.2) is 38.6 Å². The Morgan fingerprint density at radius 2 is 1.85 bits per heavy atom. The summed E-state index contributed by atoms with van der Waals surface area (Å²) in [4.78, 5) is 0. The van der Waals surface area contributed by atoms with Crippen LogP contribution >= 0.6 is 15.9 Å². The molecular weight excluding hydrogens is 398 g/mol. The Hall–Kier alpha value is -1.60. The number of benzene rings is 2. The van der Waals surface area contributed by atoms with E-state index in [1.54, 1.807) is 7.11 Å². The summed E-state index contributed by atoms with van der Waals surface area (Å²) in [5.74, 6) is 1.43. The summed E-state index contributed by atoms with van der Waals surface area (Å²) in [7, 11) is 1.64. The zero-order chi connectivity index (χ0) is 18.8. The average Bonchev–Trinajstić information content (AvgIpc) is 2.65. The van der Waals surface area contributed by atoms with Gasteiger partial charge < -0.3 is 24.6 Å². The van der Waals surface area contributed by atoms with Crippen molar-refractivity contribution in [2.24, 2.45) is 0 Å². The van der Waals surface area contributed by atoms with Gasteiger partial charge in [-0.2, -0.15) is 0 Å². The molecule has 0 fully saturated rings. The van der Waals surface area contributed by atoms with E-state index in [0.29, 0.717) is 38.7 Å². The summed E-state index contributed by atoms with van der Waals surface area (Å²) in [5.41, 5.74) is 3.33. The van der Waals surface area contributed by atoms with E-state index >= 15 is 0 Å². The first-order chi connectivity index (χ1) is 12.7. The molecule has 2 rings (SSSR count). The summed E-state index contributed by atoms with van der Waals surface area (Å²) in [6.07, 6.45) is 0. The first kappa shape index (κ1) is 20.7. The van der Waals surface area contributed by atoms with E-state index < -0.39 is 0 Å². The maximum Gasteiger partial charge on any atom is 0.167 e. The van der Waals surface area contributed by atoms with E-state index in [-0.39, 0.29) is 6.61 Å². The SMILES string of the molecule is COc1ccc(Br)c(CNCCOCCO)c1OCc1ccc(C)cc1. The second-order valence-electron chi connectivity index (χ2n) is 5.84. The summed E-state index contributed by atoms with van der Waals surface area (Å²) in [5, 5.41) is 12.0. The molecule has 2 aromatic rings. The predicted octanol–water partition coefficient (Wildman–Crippen LogP) is 3.44. The fourth-order valence-corrected chi connectivity index (χ4v) is 2.88. The first-order valence-corrected chi connectivity index (χ1v) is 9.38. The largest absolute Gasteiger partial charge is 0.493 e. The van der Waals surface area contributed by atoms with Gasteiger partial charge in [0.15, 0.2) is 11.5 Å². The highest BCUT2D eigenvalue weighted by Crippen LogP contribution is 2.36. The number of nitrogens with one attached hydrogen (secondary N) is 1. The number of ether oxygens (including phenoxy) is 3. The molecule has 0 spiro atoms. The van der Waals surface area contributed by atoms with Crippen molar-refractivity contribution in [3.05, 3.63) is 57.6 Å². The fraction of sp³-hybridized carbons (Fsp3) is 0.400. The van der Waals surface area contributed by atoms with E-state index in [9.17, 15) is 0 Å². The molecular formula is C20H26BrNO4. The van der Waals surface area contributed by atoms with Gasteiger partial charge in [0.2, 0.25) is 0 Å². The molecule has 0 amide bonds. The molecule has 0 aliphatic heterocycles. The van der Waals surface area contributed by atoms with Crippen molar-refractivity contribution < 1.29 is 19.3 Å². The quantitative estimate of drug-likeness (QED) is 0.542. The van der Waals surface area contributed by atoms with E-state index in [2.05, 4.69) is 52.4 Å². The molecule has 0 bridgehead atoms. The Balaban J connectivity index is 2.04. The van der Waals surface area contributed by atoms with E-state index in [1.807, 2.05) is 12.1 Å². The van der Waals surface area contributed by atoms with Gasteiger partial charge >= 0.3 is 0 Å². The number of halogens is 1. The first-order valence-electron chi connectivity index (χ1n) is 8.58. The van der Waals surface area contributed by atoms with Gasteiger partial charge in [-0.3, -0.25) is 0 Å². The van der Waals surface area contributed by atoms with Crippen molar-refractivity contribution in [2.75, 3.05) is 33.5 Å². The third kappa shape index (κ3) is 6.29. The van der Waals surface area contributed by atoms with Crippen LogP contribution in [-0.2, 0) is 17.9 Å². The standard InChI is InChI=1S/C20H26BrNO4/c1-15-3-5-16(6-4-15)14-26-20-17(13-22-9-11-25-12-10-23)18(21)7-8-19(20)24-2/h3-8,22-23H,9-14H2,1-2H3. The lowest BCUT2D eigenvalue weighted by atomic mass is 10.1. The molecule has 0 atom stereocenters. The molecule has 0 unspecified atom stereocenters. The maximum absolute atomic E-state index is 8.72. The summed E-state index contributed by atoms with van der Waals surface area (Å²) in [6.45, 7) is 4.77. The Labute approximate surface area is 163 Å². The molecule has 0 saturated carbocycles. The smallest absolute Gasteiger partial charge is 0.167 e. The Kier molecular flexibility index (Phi) is 8.91. The van der Waals surface area contributed by atoms with Crippen LogP contribution in [0.3, 0.4) is 0 Å². The van der Waals surface area contributed by atoms with E-state index in [1.165, 1.54) is 5.56 Å². The lowest BCUT2D eigenvalue weighted by Gasteiger charge is -2.17. The van der Waals surface area contributed by atoms with Crippen molar-refractivity contribution in [3.63, 3.8) is 0 Å². The van der Waals surface area contributed by atoms with Crippen LogP contribution in [0.15, 0.2) is 40.9 Å². The van der Waals surface area contributed by atoms with Crippen LogP contribution in [0.5, 0.6) is 11.5 Å². The molecule has 0 aliphatic carbocycles. The molecule has 0 heterocycles. The number of aryl methyl sites for hydroxylation is 1. The van der Waals surface area contributed by atoms with Gasteiger partial charge in [-0.15, -0.1) is 0 Å². The van der Waals surface area contributed by atoms with Crippen molar-refractivity contribution in [1.29, 1.82) is 0 Å². The maximum atomic E-state index is 8.72. The van der Waals surface area contributed by atoms with Crippen molar-refractivity contribution >= 4 is 15.9 Å². The molecule has 6 heteroatoms. The Morgan fingerprint density at radius 1 is 1.08 bits per heavy atom. The van der Waals surface area contributed by atoms with Crippen molar-refractivity contribution in [1.82, 2.24) is 5.32 Å². The van der Waals surface area contributed by atoms with Crippen LogP contribution in [0.4, 0.5) is 0 Å². The molecule has 2 N–H and O–H groups in total.